The number of carbonyl (C=O) groups is 1. The fourth-order valence-electron chi connectivity index (χ4n) is 2.27. The Labute approximate surface area is 138 Å². The van der Waals surface area contributed by atoms with Gasteiger partial charge in [-0.25, -0.2) is 9.37 Å². The molecule has 0 fully saturated rings. The van der Waals surface area contributed by atoms with Crippen LogP contribution in [0.2, 0.25) is 0 Å². The van der Waals surface area contributed by atoms with Crippen LogP contribution in [0.1, 0.15) is 18.6 Å². The minimum atomic E-state index is -0.288. The second kappa shape index (κ2) is 7.54. The molecule has 0 atom stereocenters. The van der Waals surface area contributed by atoms with Crippen molar-refractivity contribution in [1.82, 2.24) is 20.1 Å². The molecule has 6 nitrogen and oxygen atoms in total. The molecule has 0 aliphatic carbocycles. The summed E-state index contributed by atoms with van der Waals surface area (Å²) >= 11 is 0. The summed E-state index contributed by atoms with van der Waals surface area (Å²) in [4.78, 5) is 15.7. The van der Waals surface area contributed by atoms with Crippen LogP contribution in [0.5, 0.6) is 0 Å². The van der Waals surface area contributed by atoms with Gasteiger partial charge in [-0.1, -0.05) is 0 Å². The van der Waals surface area contributed by atoms with Crippen LogP contribution in [0.15, 0.2) is 53.5 Å². The molecule has 2 heterocycles. The third-order valence-corrected chi connectivity index (χ3v) is 3.51. The summed E-state index contributed by atoms with van der Waals surface area (Å²) in [6.07, 6.45) is 4.19. The van der Waals surface area contributed by atoms with Gasteiger partial charge in [0.05, 0.1) is 6.54 Å². The molecule has 1 amide bonds. The summed E-state index contributed by atoms with van der Waals surface area (Å²) in [5.41, 5.74) is 0.793. The molecule has 0 saturated carbocycles. The van der Waals surface area contributed by atoms with Gasteiger partial charge in [0, 0.05) is 18.5 Å². The standard InChI is InChI=1S/C17H17FN4O2/c18-14-5-3-13(4-6-14)16-8-7-15(24-16)10-20-17(23)2-1-9-22-12-19-11-21-22/h3-8,11-12H,1-2,9-10H2,(H,20,23). The van der Waals surface area contributed by atoms with Crippen LogP contribution in [-0.4, -0.2) is 20.7 Å². The average Bonchev–Trinajstić information content (AvgIpc) is 3.25. The largest absolute Gasteiger partial charge is 0.459 e. The SMILES string of the molecule is O=C(CCCn1cncn1)NCc1ccc(-c2ccc(F)cc2)o1. The minimum absolute atomic E-state index is 0.0464. The van der Waals surface area contributed by atoms with Gasteiger partial charge in [0.1, 0.15) is 30.0 Å². The lowest BCUT2D eigenvalue weighted by molar-refractivity contribution is -0.121. The highest BCUT2D eigenvalue weighted by molar-refractivity contribution is 5.75. The van der Waals surface area contributed by atoms with Crippen molar-refractivity contribution in [3.63, 3.8) is 0 Å². The molecule has 0 saturated heterocycles. The first-order chi connectivity index (χ1) is 11.7. The van der Waals surface area contributed by atoms with E-state index >= 15 is 0 Å². The van der Waals surface area contributed by atoms with Crippen LogP contribution >= 0.6 is 0 Å². The van der Waals surface area contributed by atoms with E-state index in [4.69, 9.17) is 4.42 Å². The molecule has 0 aliphatic rings. The lowest BCUT2D eigenvalue weighted by atomic mass is 10.2. The third kappa shape index (κ3) is 4.28. The zero-order chi connectivity index (χ0) is 16.8. The highest BCUT2D eigenvalue weighted by Gasteiger charge is 2.07. The molecule has 0 bridgehead atoms. The van der Waals surface area contributed by atoms with E-state index in [1.54, 1.807) is 35.3 Å². The summed E-state index contributed by atoms with van der Waals surface area (Å²) in [6.45, 7) is 0.978. The Hall–Kier alpha value is -2.96. The maximum atomic E-state index is 12.9. The van der Waals surface area contributed by atoms with E-state index in [0.29, 0.717) is 37.5 Å². The molecule has 0 spiro atoms. The summed E-state index contributed by atoms with van der Waals surface area (Å²) in [6, 6.07) is 9.68. The molecule has 7 heteroatoms. The van der Waals surface area contributed by atoms with Gasteiger partial charge >= 0.3 is 0 Å². The number of hydrogen-bond donors (Lipinski definition) is 1. The summed E-state index contributed by atoms with van der Waals surface area (Å²) in [5, 5.41) is 6.79. The molecule has 3 aromatic rings. The van der Waals surface area contributed by atoms with Gasteiger partial charge in [-0.2, -0.15) is 5.10 Å². The number of furan rings is 1. The Morgan fingerprint density at radius 1 is 1.21 bits per heavy atom. The predicted octanol–water partition coefficient (Wildman–Crippen LogP) is 2.77. The number of hydrogen-bond acceptors (Lipinski definition) is 4. The van der Waals surface area contributed by atoms with E-state index in [2.05, 4.69) is 15.4 Å². The Morgan fingerprint density at radius 2 is 2.04 bits per heavy atom. The predicted molar refractivity (Wildman–Crippen MR) is 85.2 cm³/mol. The normalized spacial score (nSPS) is 10.7. The molecule has 1 aromatic carbocycles. The summed E-state index contributed by atoms with van der Waals surface area (Å²) in [5.74, 6) is 0.961. The summed E-state index contributed by atoms with van der Waals surface area (Å²) in [7, 11) is 0. The second-order valence-corrected chi connectivity index (χ2v) is 5.31. The fraction of sp³-hybridized carbons (Fsp3) is 0.235. The van der Waals surface area contributed by atoms with E-state index in [0.717, 1.165) is 5.56 Å². The first-order valence-corrected chi connectivity index (χ1v) is 7.64. The minimum Gasteiger partial charge on any atom is -0.459 e. The maximum Gasteiger partial charge on any atom is 0.220 e. The van der Waals surface area contributed by atoms with E-state index in [9.17, 15) is 9.18 Å². The number of rotatable bonds is 7. The third-order valence-electron chi connectivity index (χ3n) is 3.51. The van der Waals surface area contributed by atoms with Crippen molar-refractivity contribution < 1.29 is 13.6 Å². The fourth-order valence-corrected chi connectivity index (χ4v) is 2.27. The number of amides is 1. The molecular formula is C17H17FN4O2. The molecule has 0 radical (unpaired) electrons. The molecule has 24 heavy (non-hydrogen) atoms. The van der Waals surface area contributed by atoms with Crippen LogP contribution in [0, 0.1) is 5.82 Å². The number of aryl methyl sites for hydroxylation is 1. The van der Waals surface area contributed by atoms with Crippen molar-refractivity contribution in [1.29, 1.82) is 0 Å². The molecule has 2 aromatic heterocycles. The Morgan fingerprint density at radius 3 is 2.79 bits per heavy atom. The zero-order valence-corrected chi connectivity index (χ0v) is 13.0. The van der Waals surface area contributed by atoms with Gasteiger partial charge in [-0.15, -0.1) is 0 Å². The number of nitrogens with one attached hydrogen (secondary N) is 1. The van der Waals surface area contributed by atoms with Gasteiger partial charge in [0.2, 0.25) is 5.91 Å². The highest BCUT2D eigenvalue weighted by atomic mass is 19.1. The molecular weight excluding hydrogens is 311 g/mol. The maximum absolute atomic E-state index is 12.9. The monoisotopic (exact) mass is 328 g/mol. The zero-order valence-electron chi connectivity index (χ0n) is 13.0. The van der Waals surface area contributed by atoms with Crippen molar-refractivity contribution in [3.05, 3.63) is 60.6 Å². The second-order valence-electron chi connectivity index (χ2n) is 5.31. The van der Waals surface area contributed by atoms with Gasteiger partial charge in [-0.05, 0) is 42.8 Å². The average molecular weight is 328 g/mol. The first-order valence-electron chi connectivity index (χ1n) is 7.64. The van der Waals surface area contributed by atoms with Crippen LogP contribution in [0.3, 0.4) is 0 Å². The lowest BCUT2D eigenvalue weighted by Crippen LogP contribution is -2.22. The molecule has 124 valence electrons. The molecule has 0 aliphatic heterocycles. The highest BCUT2D eigenvalue weighted by Crippen LogP contribution is 2.22. The van der Waals surface area contributed by atoms with Crippen molar-refractivity contribution >= 4 is 5.91 Å². The van der Waals surface area contributed by atoms with Gasteiger partial charge in [0.25, 0.3) is 0 Å². The van der Waals surface area contributed by atoms with Crippen molar-refractivity contribution in [2.24, 2.45) is 0 Å². The Kier molecular flexibility index (Phi) is 5.00. The first kappa shape index (κ1) is 15.9. The molecule has 0 unspecified atom stereocenters. The van der Waals surface area contributed by atoms with E-state index in [1.807, 2.05) is 0 Å². The number of halogens is 1. The van der Waals surface area contributed by atoms with Crippen molar-refractivity contribution in [2.75, 3.05) is 0 Å². The van der Waals surface area contributed by atoms with Gasteiger partial charge in [0.15, 0.2) is 0 Å². The van der Waals surface area contributed by atoms with Crippen LogP contribution in [-0.2, 0) is 17.9 Å². The summed E-state index contributed by atoms with van der Waals surface area (Å²) < 4.78 is 20.3. The smallest absolute Gasteiger partial charge is 0.220 e. The van der Waals surface area contributed by atoms with Crippen molar-refractivity contribution in [3.8, 4) is 11.3 Å². The quantitative estimate of drug-likeness (QED) is 0.724. The molecule has 3 rings (SSSR count). The number of aromatic nitrogens is 3. The van der Waals surface area contributed by atoms with Crippen LogP contribution in [0.4, 0.5) is 4.39 Å². The van der Waals surface area contributed by atoms with Crippen LogP contribution in [0.25, 0.3) is 11.3 Å². The van der Waals surface area contributed by atoms with E-state index in [-0.39, 0.29) is 11.7 Å². The van der Waals surface area contributed by atoms with Crippen molar-refractivity contribution in [2.45, 2.75) is 25.9 Å². The van der Waals surface area contributed by atoms with Gasteiger partial charge in [-0.3, -0.25) is 9.48 Å². The molecule has 1 N–H and O–H groups in total. The number of benzene rings is 1. The number of nitrogens with zero attached hydrogens (tertiary/aromatic N) is 3. The lowest BCUT2D eigenvalue weighted by Gasteiger charge is -2.03. The van der Waals surface area contributed by atoms with E-state index in [1.165, 1.54) is 18.5 Å². The number of carbonyl (C=O) groups excluding carboxylic acids is 1. The van der Waals surface area contributed by atoms with Crippen LogP contribution < -0.4 is 5.32 Å². The van der Waals surface area contributed by atoms with E-state index < -0.39 is 0 Å². The Balaban J connectivity index is 1.44. The van der Waals surface area contributed by atoms with Gasteiger partial charge < -0.3 is 9.73 Å². The Bertz CT molecular complexity index is 781. The topological polar surface area (TPSA) is 73.0 Å².